The van der Waals surface area contributed by atoms with Crippen molar-refractivity contribution >= 4 is 18.3 Å². The van der Waals surface area contributed by atoms with Gasteiger partial charge in [0.15, 0.2) is 11.6 Å². The molecule has 0 aromatic heterocycles. The molecule has 6 heteroatoms. The van der Waals surface area contributed by atoms with Crippen LogP contribution >= 0.6 is 12.4 Å². The van der Waals surface area contributed by atoms with Gasteiger partial charge >= 0.3 is 0 Å². The Morgan fingerprint density at radius 3 is 3.00 bits per heavy atom. The molecule has 2 fully saturated rings. The van der Waals surface area contributed by atoms with E-state index in [1.165, 1.54) is 12.5 Å². The highest BCUT2D eigenvalue weighted by Crippen LogP contribution is 2.43. The van der Waals surface area contributed by atoms with E-state index in [0.29, 0.717) is 24.4 Å². The number of halogens is 3. The van der Waals surface area contributed by atoms with Crippen molar-refractivity contribution in [3.05, 3.63) is 35.4 Å². The average Bonchev–Trinajstić information content (AvgIpc) is 2.96. The lowest BCUT2D eigenvalue weighted by molar-refractivity contribution is -0.133. The molecular weight excluding hydrogens is 322 g/mol. The maximum Gasteiger partial charge on any atom is 0.227 e. The number of rotatable bonds is 4. The molecule has 1 aliphatic heterocycles. The lowest BCUT2D eigenvalue weighted by Gasteiger charge is -2.37. The number of benzene rings is 1. The van der Waals surface area contributed by atoms with Crippen LogP contribution in [0, 0.1) is 23.0 Å². The van der Waals surface area contributed by atoms with Crippen molar-refractivity contribution in [2.75, 3.05) is 19.6 Å². The molecule has 2 atom stereocenters. The number of nitrogens with one attached hydrogen (secondary N) is 2. The smallest absolute Gasteiger partial charge is 0.227 e. The second-order valence-corrected chi connectivity index (χ2v) is 6.45. The molecule has 2 aliphatic rings. The molecule has 0 spiro atoms. The van der Waals surface area contributed by atoms with Crippen molar-refractivity contribution in [3.63, 3.8) is 0 Å². The minimum absolute atomic E-state index is 0. The van der Waals surface area contributed by atoms with Gasteiger partial charge < -0.3 is 10.6 Å². The van der Waals surface area contributed by atoms with E-state index >= 15 is 0 Å². The van der Waals surface area contributed by atoms with Crippen LogP contribution in [0.15, 0.2) is 18.2 Å². The highest BCUT2D eigenvalue weighted by molar-refractivity contribution is 5.85. The molecule has 1 aliphatic carbocycles. The van der Waals surface area contributed by atoms with E-state index in [9.17, 15) is 13.6 Å². The van der Waals surface area contributed by atoms with Crippen LogP contribution in [0.1, 0.15) is 31.2 Å². The van der Waals surface area contributed by atoms with E-state index in [-0.39, 0.29) is 23.7 Å². The molecular formula is C17H23ClF2N2O. The molecule has 128 valence electrons. The Labute approximate surface area is 141 Å². The van der Waals surface area contributed by atoms with Crippen LogP contribution in [0.25, 0.3) is 0 Å². The first-order valence-corrected chi connectivity index (χ1v) is 8.05. The van der Waals surface area contributed by atoms with Crippen molar-refractivity contribution in [3.8, 4) is 0 Å². The largest absolute Gasteiger partial charge is 0.355 e. The first-order chi connectivity index (χ1) is 10.6. The molecule has 0 radical (unpaired) electrons. The van der Waals surface area contributed by atoms with Crippen molar-refractivity contribution in [1.82, 2.24) is 10.6 Å². The third-order valence-corrected chi connectivity index (χ3v) is 5.20. The quantitative estimate of drug-likeness (QED) is 0.882. The molecule has 1 saturated carbocycles. The Bertz CT molecular complexity index is 570. The zero-order valence-electron chi connectivity index (χ0n) is 13.0. The molecule has 0 bridgehead atoms. The van der Waals surface area contributed by atoms with Gasteiger partial charge in [-0.2, -0.15) is 0 Å². The van der Waals surface area contributed by atoms with Gasteiger partial charge in [0.05, 0.1) is 5.41 Å². The summed E-state index contributed by atoms with van der Waals surface area (Å²) in [6, 6.07) is 4.16. The van der Waals surface area contributed by atoms with Crippen molar-refractivity contribution in [2.45, 2.75) is 32.1 Å². The Kier molecular flexibility index (Phi) is 5.98. The maximum atomic E-state index is 13.6. The van der Waals surface area contributed by atoms with Crippen LogP contribution in [0.5, 0.6) is 0 Å². The zero-order valence-corrected chi connectivity index (χ0v) is 13.9. The normalized spacial score (nSPS) is 26.3. The monoisotopic (exact) mass is 344 g/mol. The van der Waals surface area contributed by atoms with Crippen molar-refractivity contribution < 1.29 is 13.6 Å². The van der Waals surface area contributed by atoms with Gasteiger partial charge in [-0.25, -0.2) is 8.78 Å². The predicted molar refractivity (Wildman–Crippen MR) is 87.6 cm³/mol. The van der Waals surface area contributed by atoms with Crippen LogP contribution in [0.3, 0.4) is 0 Å². The molecule has 1 amide bonds. The maximum absolute atomic E-state index is 13.6. The van der Waals surface area contributed by atoms with Gasteiger partial charge in [-0.3, -0.25) is 4.79 Å². The number of carbonyl (C=O) groups excluding carboxylic acids is 1. The van der Waals surface area contributed by atoms with Gasteiger partial charge in [-0.15, -0.1) is 12.4 Å². The first kappa shape index (κ1) is 18.1. The summed E-state index contributed by atoms with van der Waals surface area (Å²) >= 11 is 0. The molecule has 1 aromatic carbocycles. The van der Waals surface area contributed by atoms with Gasteiger partial charge in [0.2, 0.25) is 5.91 Å². The Balaban J connectivity index is 0.00000192. The molecule has 3 rings (SSSR count). The molecule has 1 heterocycles. The summed E-state index contributed by atoms with van der Waals surface area (Å²) in [4.78, 5) is 12.6. The topological polar surface area (TPSA) is 41.1 Å². The summed E-state index contributed by atoms with van der Waals surface area (Å²) in [7, 11) is 0. The van der Waals surface area contributed by atoms with Gasteiger partial charge in [0.1, 0.15) is 0 Å². The second kappa shape index (κ2) is 7.58. The Hall–Kier alpha value is -1.20. The van der Waals surface area contributed by atoms with E-state index in [1.807, 2.05) is 0 Å². The number of amides is 1. The highest BCUT2D eigenvalue weighted by Gasteiger charge is 2.49. The molecule has 0 unspecified atom stereocenters. The number of fused-ring (bicyclic) bond motifs is 1. The summed E-state index contributed by atoms with van der Waals surface area (Å²) in [5.41, 5.74) is 0.0150. The van der Waals surface area contributed by atoms with Crippen molar-refractivity contribution in [1.29, 1.82) is 0 Å². The second-order valence-electron chi connectivity index (χ2n) is 6.45. The zero-order chi connectivity index (χ0) is 15.6. The van der Waals surface area contributed by atoms with Crippen molar-refractivity contribution in [2.24, 2.45) is 11.3 Å². The Morgan fingerprint density at radius 2 is 2.17 bits per heavy atom. The molecule has 1 saturated heterocycles. The lowest BCUT2D eigenvalue weighted by atomic mass is 9.67. The fourth-order valence-electron chi connectivity index (χ4n) is 3.92. The van der Waals surface area contributed by atoms with Crippen LogP contribution in [0.4, 0.5) is 8.78 Å². The van der Waals surface area contributed by atoms with Gasteiger partial charge in [-0.05, 0) is 43.4 Å². The van der Waals surface area contributed by atoms with Gasteiger partial charge in [0.25, 0.3) is 0 Å². The number of hydrogen-bond acceptors (Lipinski definition) is 2. The standard InChI is InChI=1S/C17H22F2N2O.ClH/c18-14-6-3-4-12(15(14)19)7-9-21-16(22)17-8-2-1-5-13(17)10-20-11-17;/h3-4,6,13,20H,1-2,5,7-11H2,(H,21,22);1H/t13-,17+;/m0./s1. The van der Waals surface area contributed by atoms with Crippen LogP contribution in [0.2, 0.25) is 0 Å². The SMILES string of the molecule is Cl.O=C(NCCc1cccc(F)c1F)[C@@]12CCCC[C@H]1CNC2. The Morgan fingerprint density at radius 1 is 1.35 bits per heavy atom. The summed E-state index contributed by atoms with van der Waals surface area (Å²) in [6.07, 6.45) is 4.60. The van der Waals surface area contributed by atoms with Crippen LogP contribution in [-0.2, 0) is 11.2 Å². The third-order valence-electron chi connectivity index (χ3n) is 5.20. The minimum Gasteiger partial charge on any atom is -0.355 e. The molecule has 23 heavy (non-hydrogen) atoms. The number of carbonyl (C=O) groups is 1. The summed E-state index contributed by atoms with van der Waals surface area (Å²) < 4.78 is 26.8. The third kappa shape index (κ3) is 3.50. The van der Waals surface area contributed by atoms with E-state index < -0.39 is 11.6 Å². The summed E-state index contributed by atoms with van der Waals surface area (Å²) in [5.74, 6) is -1.17. The van der Waals surface area contributed by atoms with E-state index in [0.717, 1.165) is 38.4 Å². The fraction of sp³-hybridized carbons (Fsp3) is 0.588. The summed E-state index contributed by atoms with van der Waals surface area (Å²) in [6.45, 7) is 1.98. The van der Waals surface area contributed by atoms with Crippen LogP contribution in [-0.4, -0.2) is 25.5 Å². The van der Waals surface area contributed by atoms with Gasteiger partial charge in [-0.1, -0.05) is 25.0 Å². The molecule has 1 aromatic rings. The van der Waals surface area contributed by atoms with E-state index in [2.05, 4.69) is 10.6 Å². The first-order valence-electron chi connectivity index (χ1n) is 8.05. The van der Waals surface area contributed by atoms with E-state index in [1.54, 1.807) is 6.07 Å². The van der Waals surface area contributed by atoms with Gasteiger partial charge in [0, 0.05) is 13.1 Å². The van der Waals surface area contributed by atoms with Crippen LogP contribution < -0.4 is 10.6 Å². The minimum atomic E-state index is -0.838. The lowest BCUT2D eigenvalue weighted by Crippen LogP contribution is -2.48. The molecule has 3 nitrogen and oxygen atoms in total. The van der Waals surface area contributed by atoms with E-state index in [4.69, 9.17) is 0 Å². The predicted octanol–water partition coefficient (Wildman–Crippen LogP) is 2.83. The number of hydrogen-bond donors (Lipinski definition) is 2. The fourth-order valence-corrected chi connectivity index (χ4v) is 3.92. The average molecular weight is 345 g/mol. The summed E-state index contributed by atoms with van der Waals surface area (Å²) in [5, 5.41) is 6.28. The highest BCUT2D eigenvalue weighted by atomic mass is 35.5. The molecule has 2 N–H and O–H groups in total.